The number of halogens is 1. The fourth-order valence-electron chi connectivity index (χ4n) is 2.81. The molecule has 30 heavy (non-hydrogen) atoms. The molecule has 0 bridgehead atoms. The van der Waals surface area contributed by atoms with Crippen LogP contribution in [-0.2, 0) is 21.2 Å². The predicted molar refractivity (Wildman–Crippen MR) is 107 cm³/mol. The van der Waals surface area contributed by atoms with Gasteiger partial charge in [0.15, 0.2) is 14.6 Å². The molecule has 9 nitrogen and oxygen atoms in total. The maximum absolute atomic E-state index is 14.6. The molecule has 0 aliphatic carbocycles. The number of benzene rings is 1. The van der Waals surface area contributed by atoms with Crippen LogP contribution in [0.3, 0.4) is 0 Å². The van der Waals surface area contributed by atoms with Gasteiger partial charge in [0, 0.05) is 43.2 Å². The zero-order valence-electron chi connectivity index (χ0n) is 16.6. The van der Waals surface area contributed by atoms with E-state index in [0.717, 1.165) is 30.0 Å². The van der Waals surface area contributed by atoms with Crippen molar-refractivity contribution in [2.75, 3.05) is 13.3 Å². The first-order valence-corrected chi connectivity index (χ1v) is 10.7. The molecule has 0 aliphatic heterocycles. The van der Waals surface area contributed by atoms with Crippen molar-refractivity contribution in [2.24, 2.45) is 0 Å². The quantitative estimate of drug-likeness (QED) is 0.430. The summed E-state index contributed by atoms with van der Waals surface area (Å²) in [5.41, 5.74) is 1.47. The maximum Gasteiger partial charge on any atom is 0.264 e. The molecule has 3 N–H and O–H groups in total. The van der Waals surface area contributed by atoms with E-state index in [2.05, 4.69) is 5.32 Å². The summed E-state index contributed by atoms with van der Waals surface area (Å²) >= 11 is 0. The van der Waals surface area contributed by atoms with Crippen molar-refractivity contribution in [3.8, 4) is 11.1 Å². The number of carbonyl (C=O) groups is 2. The SMILES string of the molecule is CNC(=O)c1ccc(-c2cc(=O)n(CCC(C)(C(=O)NO)S(C)(=O)=O)cc2F)cc1. The molecule has 162 valence electrons. The van der Waals surface area contributed by atoms with Gasteiger partial charge in [0.25, 0.3) is 17.4 Å². The highest BCUT2D eigenvalue weighted by Gasteiger charge is 2.43. The second-order valence-electron chi connectivity index (χ2n) is 6.92. The minimum atomic E-state index is -3.95. The summed E-state index contributed by atoms with van der Waals surface area (Å²) in [5.74, 6) is -2.19. The van der Waals surface area contributed by atoms with Gasteiger partial charge >= 0.3 is 0 Å². The standard InChI is InChI=1S/C19H22FN3O6S/c1-19(18(26)22-27,30(3,28)29)8-9-23-11-15(20)14(10-16(23)24)12-4-6-13(7-5-12)17(25)21-2/h4-7,10-11,27H,8-9H2,1-3H3,(H,21,25)(H,22,26). The molecule has 1 unspecified atom stereocenters. The molecular weight excluding hydrogens is 417 g/mol. The molecule has 1 aromatic carbocycles. The average molecular weight is 439 g/mol. The zero-order chi connectivity index (χ0) is 22.7. The Hall–Kier alpha value is -3.05. The number of carbonyl (C=O) groups excluding carboxylic acids is 2. The summed E-state index contributed by atoms with van der Waals surface area (Å²) in [4.78, 5) is 35.9. The van der Waals surface area contributed by atoms with E-state index in [1.807, 2.05) is 0 Å². The van der Waals surface area contributed by atoms with Crippen molar-refractivity contribution in [1.29, 1.82) is 0 Å². The second kappa shape index (κ2) is 8.76. The summed E-state index contributed by atoms with van der Waals surface area (Å²) in [7, 11) is -2.47. The predicted octanol–water partition coefficient (Wildman–Crippen LogP) is 0.713. The summed E-state index contributed by atoms with van der Waals surface area (Å²) < 4.78 is 37.6. The van der Waals surface area contributed by atoms with Gasteiger partial charge in [0.1, 0.15) is 5.82 Å². The fourth-order valence-corrected chi connectivity index (χ4v) is 3.65. The van der Waals surface area contributed by atoms with Crippen LogP contribution in [0.25, 0.3) is 11.1 Å². The van der Waals surface area contributed by atoms with Crippen molar-refractivity contribution >= 4 is 21.7 Å². The van der Waals surface area contributed by atoms with E-state index >= 15 is 0 Å². The topological polar surface area (TPSA) is 135 Å². The number of hydroxylamine groups is 1. The molecule has 2 rings (SSSR count). The number of hydrogen-bond acceptors (Lipinski definition) is 6. The van der Waals surface area contributed by atoms with Crippen LogP contribution in [0.1, 0.15) is 23.7 Å². The van der Waals surface area contributed by atoms with Crippen LogP contribution in [0.5, 0.6) is 0 Å². The number of nitrogens with one attached hydrogen (secondary N) is 2. The number of hydrogen-bond donors (Lipinski definition) is 3. The lowest BCUT2D eigenvalue weighted by Gasteiger charge is -2.25. The van der Waals surface area contributed by atoms with Crippen LogP contribution >= 0.6 is 0 Å². The molecule has 0 spiro atoms. The average Bonchev–Trinajstić information content (AvgIpc) is 2.71. The minimum absolute atomic E-state index is 0.0127. The normalized spacial score (nSPS) is 13.4. The van der Waals surface area contributed by atoms with Gasteiger partial charge in [-0.1, -0.05) is 12.1 Å². The summed E-state index contributed by atoms with van der Waals surface area (Å²) in [5, 5.41) is 11.3. The first-order valence-electron chi connectivity index (χ1n) is 8.81. The molecule has 2 aromatic rings. The van der Waals surface area contributed by atoms with Crippen LogP contribution in [0.4, 0.5) is 4.39 Å². The molecule has 0 aliphatic rings. The third-order valence-corrected chi connectivity index (χ3v) is 7.02. The second-order valence-corrected chi connectivity index (χ2v) is 9.36. The van der Waals surface area contributed by atoms with Crippen molar-refractivity contribution in [1.82, 2.24) is 15.4 Å². The number of aryl methyl sites for hydroxylation is 1. The Balaban J connectivity index is 2.34. The molecule has 1 aromatic heterocycles. The maximum atomic E-state index is 14.6. The number of pyridine rings is 1. The highest BCUT2D eigenvalue weighted by molar-refractivity contribution is 7.92. The molecule has 1 heterocycles. The highest BCUT2D eigenvalue weighted by atomic mass is 32.2. The van der Waals surface area contributed by atoms with Gasteiger partial charge in [-0.05, 0) is 31.0 Å². The van der Waals surface area contributed by atoms with E-state index < -0.39 is 31.9 Å². The molecule has 0 saturated carbocycles. The molecule has 0 fully saturated rings. The van der Waals surface area contributed by atoms with Crippen molar-refractivity contribution in [3.63, 3.8) is 0 Å². The summed E-state index contributed by atoms with van der Waals surface area (Å²) in [6.45, 7) is 0.834. The van der Waals surface area contributed by atoms with E-state index in [-0.39, 0.29) is 24.4 Å². The van der Waals surface area contributed by atoms with E-state index in [4.69, 9.17) is 5.21 Å². The third-order valence-electron chi connectivity index (χ3n) is 4.99. The Kier molecular flexibility index (Phi) is 6.78. The molecule has 11 heteroatoms. The van der Waals surface area contributed by atoms with Gasteiger partial charge in [-0.15, -0.1) is 0 Å². The number of sulfone groups is 1. The minimum Gasteiger partial charge on any atom is -0.355 e. The van der Waals surface area contributed by atoms with Crippen molar-refractivity contribution < 1.29 is 27.6 Å². The fraction of sp³-hybridized carbons (Fsp3) is 0.316. The summed E-state index contributed by atoms with van der Waals surface area (Å²) in [6.07, 6.45) is 1.39. The Morgan fingerprint density at radius 3 is 2.33 bits per heavy atom. The first-order chi connectivity index (χ1) is 13.9. The number of nitrogens with zero attached hydrogens (tertiary/aromatic N) is 1. The van der Waals surface area contributed by atoms with Crippen molar-refractivity contribution in [3.05, 3.63) is 58.3 Å². The Labute approximate surface area is 172 Å². The van der Waals surface area contributed by atoms with E-state index in [9.17, 15) is 27.2 Å². The van der Waals surface area contributed by atoms with Crippen LogP contribution in [0, 0.1) is 5.82 Å². The van der Waals surface area contributed by atoms with Gasteiger partial charge in [-0.3, -0.25) is 19.6 Å². The zero-order valence-corrected chi connectivity index (χ0v) is 17.4. The van der Waals surface area contributed by atoms with Crippen LogP contribution < -0.4 is 16.4 Å². The molecule has 1 atom stereocenters. The van der Waals surface area contributed by atoms with E-state index in [1.54, 1.807) is 0 Å². The van der Waals surface area contributed by atoms with E-state index in [1.165, 1.54) is 36.8 Å². The number of rotatable bonds is 7. The third kappa shape index (κ3) is 4.57. The Morgan fingerprint density at radius 2 is 1.83 bits per heavy atom. The van der Waals surface area contributed by atoms with Gasteiger partial charge in [0.2, 0.25) is 0 Å². The molecule has 2 amide bonds. The number of aromatic nitrogens is 1. The Morgan fingerprint density at radius 1 is 1.23 bits per heavy atom. The van der Waals surface area contributed by atoms with Crippen LogP contribution in [0.15, 0.2) is 41.3 Å². The van der Waals surface area contributed by atoms with Crippen molar-refractivity contribution in [2.45, 2.75) is 24.6 Å². The monoisotopic (exact) mass is 439 g/mol. The molecule has 0 radical (unpaired) electrons. The highest BCUT2D eigenvalue weighted by Crippen LogP contribution is 2.24. The van der Waals surface area contributed by atoms with Gasteiger partial charge < -0.3 is 9.88 Å². The van der Waals surface area contributed by atoms with Gasteiger partial charge in [0.05, 0.1) is 0 Å². The smallest absolute Gasteiger partial charge is 0.264 e. The van der Waals surface area contributed by atoms with Gasteiger partial charge in [-0.2, -0.15) is 0 Å². The lowest BCUT2D eigenvalue weighted by Crippen LogP contribution is -2.50. The van der Waals surface area contributed by atoms with Crippen LogP contribution in [-0.4, -0.2) is 48.1 Å². The van der Waals surface area contributed by atoms with Crippen LogP contribution in [0.2, 0.25) is 0 Å². The number of amides is 2. The lowest BCUT2D eigenvalue weighted by atomic mass is 10.0. The lowest BCUT2D eigenvalue weighted by molar-refractivity contribution is -0.131. The molecular formula is C19H22FN3O6S. The molecule has 0 saturated heterocycles. The first kappa shape index (κ1) is 23.2. The largest absolute Gasteiger partial charge is 0.355 e. The summed E-state index contributed by atoms with van der Waals surface area (Å²) in [6, 6.07) is 7.03. The Bertz CT molecular complexity index is 1130. The van der Waals surface area contributed by atoms with E-state index in [0.29, 0.717) is 11.1 Å². The van der Waals surface area contributed by atoms with Gasteiger partial charge in [-0.25, -0.2) is 18.3 Å².